The summed E-state index contributed by atoms with van der Waals surface area (Å²) < 4.78 is 0. The third-order valence-corrected chi connectivity index (χ3v) is 3.42. The monoisotopic (exact) mass is 283 g/mol. The summed E-state index contributed by atoms with van der Waals surface area (Å²) in [6.45, 7) is 3.48. The second-order valence-electron chi connectivity index (χ2n) is 4.44. The quantitative estimate of drug-likeness (QED) is 0.873. The molecule has 4 nitrogen and oxygen atoms in total. The van der Waals surface area contributed by atoms with E-state index in [2.05, 4.69) is 0 Å². The molecule has 1 rings (SSSR count). The van der Waals surface area contributed by atoms with E-state index in [4.69, 9.17) is 16.7 Å². The molecular weight excluding hydrogens is 266 g/mol. The molecule has 0 radical (unpaired) electrons. The Morgan fingerprint density at radius 2 is 2.00 bits per heavy atom. The molecule has 104 valence electrons. The highest BCUT2D eigenvalue weighted by atomic mass is 35.5. The fourth-order valence-electron chi connectivity index (χ4n) is 1.76. The standard InChI is InChI=1S/C14H18ClNO3/c1-3-10(2)16(9-14(18)19)13(17)8-11-6-4-5-7-12(11)15/h4-7,10H,3,8-9H2,1-2H3,(H,18,19). The van der Waals surface area contributed by atoms with Gasteiger partial charge in [-0.15, -0.1) is 0 Å². The number of nitrogens with zero attached hydrogens (tertiary/aromatic N) is 1. The smallest absolute Gasteiger partial charge is 0.323 e. The van der Waals surface area contributed by atoms with Gasteiger partial charge in [0, 0.05) is 11.1 Å². The number of carboxylic acids is 1. The molecule has 1 unspecified atom stereocenters. The minimum Gasteiger partial charge on any atom is -0.480 e. The first kappa shape index (κ1) is 15.5. The Hall–Kier alpha value is -1.55. The lowest BCUT2D eigenvalue weighted by molar-refractivity contribution is -0.145. The molecule has 0 aliphatic carbocycles. The van der Waals surface area contributed by atoms with Crippen LogP contribution in [0.4, 0.5) is 0 Å². The van der Waals surface area contributed by atoms with E-state index in [1.165, 1.54) is 4.90 Å². The lowest BCUT2D eigenvalue weighted by Gasteiger charge is -2.27. The van der Waals surface area contributed by atoms with Gasteiger partial charge in [-0.3, -0.25) is 9.59 Å². The summed E-state index contributed by atoms with van der Waals surface area (Å²) >= 11 is 6.01. The molecule has 0 spiro atoms. The highest BCUT2D eigenvalue weighted by Gasteiger charge is 2.22. The summed E-state index contributed by atoms with van der Waals surface area (Å²) in [5.74, 6) is -1.22. The van der Waals surface area contributed by atoms with Crippen molar-refractivity contribution >= 4 is 23.5 Å². The third kappa shape index (κ3) is 4.56. The molecule has 19 heavy (non-hydrogen) atoms. The maximum Gasteiger partial charge on any atom is 0.323 e. The molecule has 0 saturated heterocycles. The Morgan fingerprint density at radius 3 is 2.53 bits per heavy atom. The van der Waals surface area contributed by atoms with Crippen LogP contribution in [0.25, 0.3) is 0 Å². The van der Waals surface area contributed by atoms with Crippen molar-refractivity contribution in [2.24, 2.45) is 0 Å². The zero-order valence-corrected chi connectivity index (χ0v) is 11.9. The predicted molar refractivity (Wildman–Crippen MR) is 74.3 cm³/mol. The Bertz CT molecular complexity index is 462. The molecule has 1 amide bonds. The van der Waals surface area contributed by atoms with E-state index in [0.29, 0.717) is 17.0 Å². The number of aliphatic carboxylic acids is 1. The Morgan fingerprint density at radius 1 is 1.37 bits per heavy atom. The highest BCUT2D eigenvalue weighted by molar-refractivity contribution is 6.31. The average Bonchev–Trinajstić information content (AvgIpc) is 2.37. The predicted octanol–water partition coefficient (Wildman–Crippen LogP) is 2.59. The number of hydrogen-bond acceptors (Lipinski definition) is 2. The van der Waals surface area contributed by atoms with Gasteiger partial charge < -0.3 is 10.0 Å². The van der Waals surface area contributed by atoms with Gasteiger partial charge in [-0.25, -0.2) is 0 Å². The number of carbonyl (C=O) groups excluding carboxylic acids is 1. The molecule has 0 fully saturated rings. The van der Waals surface area contributed by atoms with E-state index < -0.39 is 5.97 Å². The van der Waals surface area contributed by atoms with Gasteiger partial charge in [0.05, 0.1) is 6.42 Å². The highest BCUT2D eigenvalue weighted by Crippen LogP contribution is 2.17. The Labute approximate surface area is 118 Å². The molecule has 0 aromatic heterocycles. The first-order chi connectivity index (χ1) is 8.95. The van der Waals surface area contributed by atoms with Crippen molar-refractivity contribution in [3.8, 4) is 0 Å². The van der Waals surface area contributed by atoms with Gasteiger partial charge in [0.15, 0.2) is 0 Å². The van der Waals surface area contributed by atoms with E-state index >= 15 is 0 Å². The number of hydrogen-bond donors (Lipinski definition) is 1. The minimum atomic E-state index is -1.01. The summed E-state index contributed by atoms with van der Waals surface area (Å²) in [5, 5.41) is 9.40. The summed E-state index contributed by atoms with van der Waals surface area (Å²) in [6, 6.07) is 6.98. The summed E-state index contributed by atoms with van der Waals surface area (Å²) in [5.41, 5.74) is 0.716. The Balaban J connectivity index is 2.82. The maximum absolute atomic E-state index is 12.2. The third-order valence-electron chi connectivity index (χ3n) is 3.05. The molecule has 0 aliphatic heterocycles. The van der Waals surface area contributed by atoms with Crippen molar-refractivity contribution in [2.45, 2.75) is 32.7 Å². The topological polar surface area (TPSA) is 57.6 Å². The van der Waals surface area contributed by atoms with Crippen molar-refractivity contribution in [1.29, 1.82) is 0 Å². The number of halogens is 1. The molecule has 0 bridgehead atoms. The van der Waals surface area contributed by atoms with Crippen LogP contribution in [0.2, 0.25) is 5.02 Å². The van der Waals surface area contributed by atoms with Crippen molar-refractivity contribution in [3.63, 3.8) is 0 Å². The number of carbonyl (C=O) groups is 2. The van der Waals surface area contributed by atoms with Crippen LogP contribution >= 0.6 is 11.6 Å². The maximum atomic E-state index is 12.2. The van der Waals surface area contributed by atoms with E-state index in [0.717, 1.165) is 0 Å². The lowest BCUT2D eigenvalue weighted by Crippen LogP contribution is -2.42. The molecule has 1 aromatic carbocycles. The summed E-state index contributed by atoms with van der Waals surface area (Å²) in [4.78, 5) is 24.4. The zero-order chi connectivity index (χ0) is 14.4. The molecule has 1 atom stereocenters. The van der Waals surface area contributed by atoms with Crippen LogP contribution in [0.5, 0.6) is 0 Å². The zero-order valence-electron chi connectivity index (χ0n) is 11.1. The van der Waals surface area contributed by atoms with Gasteiger partial charge >= 0.3 is 5.97 Å². The molecule has 0 heterocycles. The molecule has 1 aromatic rings. The van der Waals surface area contributed by atoms with Gasteiger partial charge in [-0.05, 0) is 25.0 Å². The second-order valence-corrected chi connectivity index (χ2v) is 4.85. The van der Waals surface area contributed by atoms with Crippen LogP contribution in [0.15, 0.2) is 24.3 Å². The summed E-state index contributed by atoms with van der Waals surface area (Å²) in [6.07, 6.45) is 0.832. The minimum absolute atomic E-state index is 0.105. The van der Waals surface area contributed by atoms with Crippen molar-refractivity contribution < 1.29 is 14.7 Å². The largest absolute Gasteiger partial charge is 0.480 e. The van der Waals surface area contributed by atoms with Crippen LogP contribution in [-0.4, -0.2) is 34.5 Å². The fraction of sp³-hybridized carbons (Fsp3) is 0.429. The van der Waals surface area contributed by atoms with Gasteiger partial charge in [0.2, 0.25) is 5.91 Å². The molecule has 0 aliphatic rings. The lowest BCUT2D eigenvalue weighted by atomic mass is 10.1. The van der Waals surface area contributed by atoms with E-state index in [9.17, 15) is 9.59 Å². The van der Waals surface area contributed by atoms with Crippen molar-refractivity contribution in [1.82, 2.24) is 4.90 Å². The van der Waals surface area contributed by atoms with Gasteiger partial charge in [0.1, 0.15) is 6.54 Å². The Kier molecular flexibility index (Phi) is 5.83. The van der Waals surface area contributed by atoms with Gasteiger partial charge in [-0.1, -0.05) is 36.7 Å². The van der Waals surface area contributed by atoms with Crippen LogP contribution < -0.4 is 0 Å². The molecule has 5 heteroatoms. The second kappa shape index (κ2) is 7.14. The number of benzene rings is 1. The van der Waals surface area contributed by atoms with Crippen LogP contribution in [0, 0.1) is 0 Å². The van der Waals surface area contributed by atoms with Crippen molar-refractivity contribution in [2.75, 3.05) is 6.54 Å². The first-order valence-electron chi connectivity index (χ1n) is 6.20. The average molecular weight is 284 g/mol. The molecule has 1 N–H and O–H groups in total. The van der Waals surface area contributed by atoms with Crippen LogP contribution in [-0.2, 0) is 16.0 Å². The molecule has 0 saturated carbocycles. The van der Waals surface area contributed by atoms with Crippen LogP contribution in [0.1, 0.15) is 25.8 Å². The number of rotatable bonds is 6. The normalized spacial score (nSPS) is 11.9. The summed E-state index contributed by atoms with van der Waals surface area (Å²) in [7, 11) is 0. The number of carboxylic acid groups (broad SMARTS) is 1. The van der Waals surface area contributed by atoms with Crippen molar-refractivity contribution in [3.05, 3.63) is 34.9 Å². The van der Waals surface area contributed by atoms with Gasteiger partial charge in [-0.2, -0.15) is 0 Å². The van der Waals surface area contributed by atoms with E-state index in [1.807, 2.05) is 13.8 Å². The van der Waals surface area contributed by atoms with E-state index in [-0.39, 0.29) is 24.9 Å². The number of amides is 1. The molecular formula is C14H18ClNO3. The van der Waals surface area contributed by atoms with Gasteiger partial charge in [0.25, 0.3) is 0 Å². The first-order valence-corrected chi connectivity index (χ1v) is 6.58. The van der Waals surface area contributed by atoms with E-state index in [1.54, 1.807) is 24.3 Å². The SMILES string of the molecule is CCC(C)N(CC(=O)O)C(=O)Cc1ccccc1Cl. The van der Waals surface area contributed by atoms with Crippen LogP contribution in [0.3, 0.4) is 0 Å². The fourth-order valence-corrected chi connectivity index (χ4v) is 1.96.